The fraction of sp³-hybridized carbons (Fsp3) is 0.211. The molecule has 0 aliphatic carbocycles. The van der Waals surface area contributed by atoms with Crippen molar-refractivity contribution in [1.82, 2.24) is 9.97 Å². The van der Waals surface area contributed by atoms with Crippen molar-refractivity contribution in [3.8, 4) is 11.5 Å². The molecule has 0 spiro atoms. The summed E-state index contributed by atoms with van der Waals surface area (Å²) in [6.07, 6.45) is 14.1. The number of halogens is 8. The van der Waals surface area contributed by atoms with E-state index < -0.39 is 69.2 Å². The third-order valence-electron chi connectivity index (χ3n) is 7.67. The number of aromatic nitrogens is 2. The van der Waals surface area contributed by atoms with Gasteiger partial charge in [0.2, 0.25) is 23.3 Å². The van der Waals surface area contributed by atoms with E-state index in [9.17, 15) is 35.1 Å². The molecule has 6 rings (SSSR count). The smallest absolute Gasteiger partial charge is 0.664 e. The summed E-state index contributed by atoms with van der Waals surface area (Å²) >= 11 is 0. The van der Waals surface area contributed by atoms with Gasteiger partial charge in [-0.15, -0.1) is 11.4 Å². The summed E-state index contributed by atoms with van der Waals surface area (Å²) in [6, 6.07) is 6.04. The Kier molecular flexibility index (Phi) is 14.2. The predicted octanol–water partition coefficient (Wildman–Crippen LogP) is 9.56. The number of rotatable bonds is 12. The molecule has 0 N–H and O–H groups in total. The van der Waals surface area contributed by atoms with Crippen LogP contribution in [-0.2, 0) is 16.5 Å². The number of hydrogen-bond donors (Lipinski definition) is 0. The number of hydrogen-bond acceptors (Lipinski definition) is 4. The zero-order chi connectivity index (χ0) is 37.4. The number of benzene rings is 2. The first-order valence-electron chi connectivity index (χ1n) is 16.2. The van der Waals surface area contributed by atoms with Crippen LogP contribution >= 0.6 is 0 Å². The van der Waals surface area contributed by atoms with Gasteiger partial charge in [-0.05, 0) is 48.3 Å². The Morgan fingerprint density at radius 2 is 0.925 bits per heavy atom. The van der Waals surface area contributed by atoms with E-state index in [2.05, 4.69) is 20.0 Å². The Labute approximate surface area is 309 Å². The summed E-state index contributed by atoms with van der Waals surface area (Å²) in [6.45, 7) is 3.60. The molecule has 0 fully saturated rings. The molecule has 2 aliphatic rings. The van der Waals surface area contributed by atoms with Crippen LogP contribution in [-0.4, -0.2) is 25.6 Å². The van der Waals surface area contributed by atoms with Crippen molar-refractivity contribution in [2.24, 2.45) is 9.98 Å². The second-order valence-corrected chi connectivity index (χ2v) is 11.2. The van der Waals surface area contributed by atoms with Crippen molar-refractivity contribution >= 4 is 23.6 Å². The van der Waals surface area contributed by atoms with E-state index in [-0.39, 0.29) is 63.6 Å². The van der Waals surface area contributed by atoms with Crippen molar-refractivity contribution < 1.29 is 61.1 Å². The second-order valence-electron chi connectivity index (χ2n) is 11.2. The molecule has 2 aliphatic heterocycles. The molecule has 2 aromatic heterocycles. The number of nitrogens with zero attached hydrogens (tertiary/aromatic N) is 4. The van der Waals surface area contributed by atoms with Crippen LogP contribution in [0.2, 0.25) is 0 Å². The van der Waals surface area contributed by atoms with E-state index in [1.165, 1.54) is 49.1 Å². The van der Waals surface area contributed by atoms with Crippen molar-refractivity contribution in [3.05, 3.63) is 141 Å². The van der Waals surface area contributed by atoms with Crippen LogP contribution in [0.25, 0.3) is 11.1 Å². The molecule has 0 saturated heterocycles. The van der Waals surface area contributed by atoms with E-state index >= 15 is 0 Å². The van der Waals surface area contributed by atoms with E-state index in [1.54, 1.807) is 24.3 Å². The van der Waals surface area contributed by atoms with Crippen molar-refractivity contribution in [3.63, 3.8) is 0 Å². The third-order valence-corrected chi connectivity index (χ3v) is 7.67. The molecule has 0 bridgehead atoms. The largest absolute Gasteiger partial charge is 2.00 e. The fourth-order valence-electron chi connectivity index (χ4n) is 5.12. The van der Waals surface area contributed by atoms with Gasteiger partial charge in [-0.25, -0.2) is 17.6 Å². The Morgan fingerprint density at radius 1 is 0.566 bits per heavy atom. The van der Waals surface area contributed by atoms with Gasteiger partial charge < -0.3 is 19.4 Å². The van der Waals surface area contributed by atoms with Gasteiger partial charge in [0.15, 0.2) is 34.8 Å². The standard InChI is InChI=1S/2C19H15F4N2O.Ni/c2*1-2-3-10-26-19-17(22)15(20)14(16(21)18(19)23)13(11-6-4-8-24-11)12-7-5-9-25-12;/h2*4-9H,2-3,10H2,1H3;/q2*-1;+2/b2*13-11+;. The zero-order valence-corrected chi connectivity index (χ0v) is 29.1. The minimum absolute atomic E-state index is 0. The minimum atomic E-state index is -1.58. The summed E-state index contributed by atoms with van der Waals surface area (Å²) in [5, 5.41) is 0. The monoisotopic (exact) mass is 784 g/mol. The maximum absolute atomic E-state index is 14.7. The van der Waals surface area contributed by atoms with Gasteiger partial charge in [-0.2, -0.15) is 30.0 Å². The second kappa shape index (κ2) is 18.5. The van der Waals surface area contributed by atoms with Crippen molar-refractivity contribution in [1.29, 1.82) is 0 Å². The van der Waals surface area contributed by atoms with E-state index in [0.717, 1.165) is 0 Å². The maximum atomic E-state index is 14.7. The molecular formula is C38H30F8N4NiO2. The minimum Gasteiger partial charge on any atom is -0.664 e. The molecular weight excluding hydrogens is 755 g/mol. The molecule has 0 unspecified atom stereocenters. The molecule has 280 valence electrons. The summed E-state index contributed by atoms with van der Waals surface area (Å²) in [5.41, 5.74) is -1.37. The third kappa shape index (κ3) is 8.57. The van der Waals surface area contributed by atoms with Crippen LogP contribution in [0.4, 0.5) is 35.1 Å². The molecule has 4 heterocycles. The molecule has 0 atom stereocenters. The first kappa shape index (κ1) is 40.6. The van der Waals surface area contributed by atoms with Crippen LogP contribution < -0.4 is 19.4 Å². The molecule has 0 saturated carbocycles. The van der Waals surface area contributed by atoms with E-state index in [4.69, 9.17) is 9.47 Å². The molecule has 0 radical (unpaired) electrons. The molecule has 2 aromatic carbocycles. The van der Waals surface area contributed by atoms with Gasteiger partial charge in [-0.3, -0.25) is 9.98 Å². The summed E-state index contributed by atoms with van der Waals surface area (Å²) in [5.74, 6) is -14.6. The first-order valence-corrected chi connectivity index (χ1v) is 16.2. The Bertz CT molecular complexity index is 1870. The molecule has 6 nitrogen and oxygen atoms in total. The topological polar surface area (TPSA) is 71.4 Å². The van der Waals surface area contributed by atoms with Gasteiger partial charge in [0.25, 0.3) is 0 Å². The predicted molar refractivity (Wildman–Crippen MR) is 180 cm³/mol. The number of ether oxygens (including phenoxy) is 2. The average Bonchev–Trinajstić information content (AvgIpc) is 3.99. The number of unbranched alkanes of at least 4 members (excludes halogenated alkanes) is 2. The van der Waals surface area contributed by atoms with Gasteiger partial charge >= 0.3 is 16.5 Å². The Balaban J connectivity index is 0.000000232. The van der Waals surface area contributed by atoms with Crippen molar-refractivity contribution in [2.75, 3.05) is 13.2 Å². The van der Waals surface area contributed by atoms with Crippen LogP contribution in [0.5, 0.6) is 11.5 Å². The number of allylic oxidation sites excluding steroid dienone is 4. The summed E-state index contributed by atoms with van der Waals surface area (Å²) in [7, 11) is 0. The van der Waals surface area contributed by atoms with Gasteiger partial charge in [-0.1, -0.05) is 51.0 Å². The molecule has 4 aromatic rings. The van der Waals surface area contributed by atoms with Crippen molar-refractivity contribution in [2.45, 2.75) is 39.5 Å². The van der Waals surface area contributed by atoms with Crippen LogP contribution in [0, 0.1) is 46.5 Å². The van der Waals surface area contributed by atoms with Crippen LogP contribution in [0.3, 0.4) is 0 Å². The maximum Gasteiger partial charge on any atom is 2.00 e. The Morgan fingerprint density at radius 3 is 1.19 bits per heavy atom. The average molecular weight is 785 g/mol. The van der Waals surface area contributed by atoms with Crippen LogP contribution in [0.1, 0.15) is 62.0 Å². The van der Waals surface area contributed by atoms with Crippen LogP contribution in [0.15, 0.2) is 82.3 Å². The van der Waals surface area contributed by atoms with Gasteiger partial charge in [0, 0.05) is 12.4 Å². The van der Waals surface area contributed by atoms with E-state index in [0.29, 0.717) is 25.7 Å². The molecule has 0 amide bonds. The Hall–Kier alpha value is -5.17. The molecule has 15 heteroatoms. The van der Waals surface area contributed by atoms with Gasteiger partial charge in [0.1, 0.15) is 0 Å². The zero-order valence-electron chi connectivity index (χ0n) is 28.1. The first-order chi connectivity index (χ1) is 25.1. The van der Waals surface area contributed by atoms with E-state index in [1.807, 2.05) is 13.8 Å². The molecule has 53 heavy (non-hydrogen) atoms. The fourth-order valence-corrected chi connectivity index (χ4v) is 5.12. The summed E-state index contributed by atoms with van der Waals surface area (Å²) in [4.78, 5) is 15.9. The quantitative estimate of drug-likeness (QED) is 0.0621. The number of aliphatic imine (C=N–C) groups is 2. The normalized spacial score (nSPS) is 14.7. The summed E-state index contributed by atoms with van der Waals surface area (Å²) < 4.78 is 126. The van der Waals surface area contributed by atoms with Gasteiger partial charge in [0.05, 0.1) is 35.7 Å². The SMILES string of the molecule is CCCCOc1c(F)c(F)c(/C(=C2\C=CC=N2)c2ccc[n-]2)c(F)c1F.CCCCOc1c(F)c(F)c(/C(=C2\C=CC=N2)c2ccc[n-]2)c(F)c1F.[Ni+2].